The lowest BCUT2D eigenvalue weighted by molar-refractivity contribution is 0.0695. The summed E-state index contributed by atoms with van der Waals surface area (Å²) in [5, 5.41) is 10.5. The molecular formula is C13H10N2O2. The minimum atomic E-state index is -0.923. The van der Waals surface area contributed by atoms with E-state index in [1.54, 1.807) is 12.1 Å². The maximum absolute atomic E-state index is 11.1. The van der Waals surface area contributed by atoms with Gasteiger partial charge in [0.25, 0.3) is 0 Å². The third-order valence-corrected chi connectivity index (χ3v) is 2.81. The second kappa shape index (κ2) is 3.59. The van der Waals surface area contributed by atoms with Crippen LogP contribution in [0.25, 0.3) is 6.20 Å². The molecule has 2 aliphatic rings. The molecule has 0 fully saturated rings. The molecule has 0 aliphatic carbocycles. The van der Waals surface area contributed by atoms with E-state index in [0.29, 0.717) is 16.1 Å². The molecule has 0 saturated heterocycles. The maximum atomic E-state index is 11.1. The van der Waals surface area contributed by atoms with Crippen LogP contribution in [0.2, 0.25) is 0 Å². The second-order valence-corrected chi connectivity index (χ2v) is 3.89. The molecule has 0 aromatic heterocycles. The Kier molecular flexibility index (Phi) is 2.08. The zero-order valence-electron chi connectivity index (χ0n) is 9.00. The summed E-state index contributed by atoms with van der Waals surface area (Å²) in [6.07, 6.45) is 7.72. The topological polar surface area (TPSA) is 52.9 Å². The van der Waals surface area contributed by atoms with Gasteiger partial charge in [-0.3, -0.25) is 0 Å². The molecule has 0 unspecified atom stereocenters. The molecular weight excluding hydrogens is 216 g/mol. The van der Waals surface area contributed by atoms with Crippen LogP contribution in [0.1, 0.15) is 10.4 Å². The highest BCUT2D eigenvalue weighted by Gasteiger charge is 2.14. The molecule has 0 bridgehead atoms. The van der Waals surface area contributed by atoms with Gasteiger partial charge in [0.15, 0.2) is 0 Å². The van der Waals surface area contributed by atoms with Gasteiger partial charge in [0.2, 0.25) is 0 Å². The van der Waals surface area contributed by atoms with Gasteiger partial charge < -0.3 is 10.0 Å². The minimum Gasteiger partial charge on any atom is -0.478 e. The van der Waals surface area contributed by atoms with Crippen molar-refractivity contribution >= 4 is 12.2 Å². The van der Waals surface area contributed by atoms with Crippen molar-refractivity contribution in [3.05, 3.63) is 58.4 Å². The summed E-state index contributed by atoms with van der Waals surface area (Å²) in [6, 6.07) is 5.14. The van der Waals surface area contributed by atoms with Crippen LogP contribution in [-0.4, -0.2) is 22.5 Å². The normalized spacial score (nSPS) is 16.2. The van der Waals surface area contributed by atoms with Crippen LogP contribution >= 0.6 is 0 Å². The summed E-state index contributed by atoms with van der Waals surface area (Å²) in [4.78, 5) is 17.5. The van der Waals surface area contributed by atoms with E-state index in [4.69, 9.17) is 5.11 Å². The van der Waals surface area contributed by atoms with Gasteiger partial charge in [-0.1, -0.05) is 18.2 Å². The van der Waals surface area contributed by atoms with E-state index in [0.717, 1.165) is 12.4 Å². The number of carboxylic acid groups (broad SMARTS) is 1. The van der Waals surface area contributed by atoms with Gasteiger partial charge in [-0.2, -0.15) is 0 Å². The summed E-state index contributed by atoms with van der Waals surface area (Å²) >= 11 is 0. The molecule has 1 aromatic rings. The molecule has 0 spiro atoms. The fourth-order valence-corrected chi connectivity index (χ4v) is 1.99. The average molecular weight is 226 g/mol. The zero-order chi connectivity index (χ0) is 11.8. The van der Waals surface area contributed by atoms with Crippen LogP contribution in [0, 0.1) is 0 Å². The van der Waals surface area contributed by atoms with E-state index in [2.05, 4.69) is 4.99 Å². The quantitative estimate of drug-likeness (QED) is 0.757. The smallest absolute Gasteiger partial charge is 0.336 e. The minimum absolute atomic E-state index is 0.292. The lowest BCUT2D eigenvalue weighted by atomic mass is 10.1. The van der Waals surface area contributed by atoms with E-state index < -0.39 is 5.97 Å². The van der Waals surface area contributed by atoms with Gasteiger partial charge in [-0.25, -0.2) is 9.79 Å². The van der Waals surface area contributed by atoms with E-state index in [-0.39, 0.29) is 0 Å². The Morgan fingerprint density at radius 1 is 1.41 bits per heavy atom. The van der Waals surface area contributed by atoms with Crippen molar-refractivity contribution in [2.75, 3.05) is 6.54 Å². The van der Waals surface area contributed by atoms with Crippen LogP contribution in [0.5, 0.6) is 0 Å². The molecule has 1 N–H and O–H groups in total. The number of carboxylic acids is 1. The summed E-state index contributed by atoms with van der Waals surface area (Å²) in [5.41, 5.74) is 0.292. The number of hydrogen-bond acceptors (Lipinski definition) is 3. The molecule has 84 valence electrons. The van der Waals surface area contributed by atoms with Gasteiger partial charge in [-0.15, -0.1) is 0 Å². The van der Waals surface area contributed by atoms with Crippen molar-refractivity contribution in [1.29, 1.82) is 0 Å². The lowest BCUT2D eigenvalue weighted by Crippen LogP contribution is -2.38. The first-order valence-corrected chi connectivity index (χ1v) is 5.32. The van der Waals surface area contributed by atoms with Crippen LogP contribution in [0.3, 0.4) is 0 Å². The van der Waals surface area contributed by atoms with Crippen molar-refractivity contribution in [3.8, 4) is 0 Å². The number of carbonyl (C=O) groups is 1. The van der Waals surface area contributed by atoms with Crippen molar-refractivity contribution < 1.29 is 9.90 Å². The van der Waals surface area contributed by atoms with Crippen LogP contribution in [0.15, 0.2) is 47.2 Å². The summed E-state index contributed by atoms with van der Waals surface area (Å²) in [5.74, 6) is -0.0733. The third kappa shape index (κ3) is 1.54. The molecule has 0 atom stereocenters. The fraction of sp³-hybridized carbons (Fsp3) is 0.0769. The number of aromatic carboxylic acids is 1. The average Bonchev–Trinajstić information content (AvgIpc) is 2.35. The van der Waals surface area contributed by atoms with E-state index in [1.165, 1.54) is 0 Å². The number of benzene rings is 1. The van der Waals surface area contributed by atoms with Crippen molar-refractivity contribution in [2.45, 2.75) is 0 Å². The molecule has 4 heteroatoms. The van der Waals surface area contributed by atoms with Gasteiger partial charge >= 0.3 is 5.97 Å². The van der Waals surface area contributed by atoms with Gasteiger partial charge in [-0.05, 0) is 18.2 Å². The molecule has 17 heavy (non-hydrogen) atoms. The highest BCUT2D eigenvalue weighted by molar-refractivity contribution is 5.88. The molecule has 3 rings (SSSR count). The molecule has 2 aliphatic heterocycles. The van der Waals surface area contributed by atoms with E-state index >= 15 is 0 Å². The zero-order valence-corrected chi connectivity index (χ0v) is 9.00. The molecule has 0 amide bonds. The first-order chi connectivity index (χ1) is 8.25. The lowest BCUT2D eigenvalue weighted by Gasteiger charge is -2.23. The Morgan fingerprint density at radius 2 is 2.29 bits per heavy atom. The monoisotopic (exact) mass is 226 g/mol. The summed E-state index contributed by atoms with van der Waals surface area (Å²) < 4.78 is 0. The van der Waals surface area contributed by atoms with Gasteiger partial charge in [0.05, 0.1) is 10.9 Å². The highest BCUT2D eigenvalue weighted by atomic mass is 16.4. The number of rotatable bonds is 1. The largest absolute Gasteiger partial charge is 0.478 e. The Balaban J connectivity index is 2.31. The van der Waals surface area contributed by atoms with Crippen LogP contribution in [0.4, 0.5) is 0 Å². The number of nitrogens with zero attached hydrogens (tertiary/aromatic N) is 2. The fourth-order valence-electron chi connectivity index (χ4n) is 1.99. The van der Waals surface area contributed by atoms with Gasteiger partial charge in [0.1, 0.15) is 5.82 Å². The van der Waals surface area contributed by atoms with E-state index in [9.17, 15) is 4.79 Å². The predicted molar refractivity (Wildman–Crippen MR) is 62.6 cm³/mol. The van der Waals surface area contributed by atoms with Crippen molar-refractivity contribution in [3.63, 3.8) is 0 Å². The molecule has 4 nitrogen and oxygen atoms in total. The Labute approximate surface area is 97.5 Å². The van der Waals surface area contributed by atoms with Crippen LogP contribution in [-0.2, 0) is 0 Å². The number of allylic oxidation sites excluding steroid dienone is 2. The predicted octanol–water partition coefficient (Wildman–Crippen LogP) is 0.469. The Hall–Kier alpha value is -2.36. The standard InChI is InChI=1S/C13H10N2O2/c16-13(17)9-4-3-5-11-10(9)8-15-7-2-1-6-12(15)14-11/h1-6,8H,7H2,(H,16,17). The van der Waals surface area contributed by atoms with Crippen LogP contribution < -0.4 is 10.6 Å². The third-order valence-electron chi connectivity index (χ3n) is 2.81. The molecule has 1 aromatic carbocycles. The molecule has 0 saturated carbocycles. The Bertz CT molecular complexity index is 671. The SMILES string of the molecule is O=C(O)c1cccc2c1=CN1CC=CC=C1N=2. The summed E-state index contributed by atoms with van der Waals surface area (Å²) in [6.45, 7) is 0.725. The maximum Gasteiger partial charge on any atom is 0.336 e. The number of fused-ring (bicyclic) bond motifs is 2. The Morgan fingerprint density at radius 3 is 3.12 bits per heavy atom. The van der Waals surface area contributed by atoms with Crippen molar-refractivity contribution in [1.82, 2.24) is 4.90 Å². The first kappa shape index (κ1) is 9.84. The second-order valence-electron chi connectivity index (χ2n) is 3.89. The molecule has 2 heterocycles. The van der Waals surface area contributed by atoms with Gasteiger partial charge in [0, 0.05) is 18.0 Å². The summed E-state index contributed by atoms with van der Waals surface area (Å²) in [7, 11) is 0. The number of hydrogen-bond donors (Lipinski definition) is 1. The highest BCUT2D eigenvalue weighted by Crippen LogP contribution is 2.12. The van der Waals surface area contributed by atoms with E-state index in [1.807, 2.05) is 35.4 Å². The van der Waals surface area contributed by atoms with Crippen molar-refractivity contribution in [2.24, 2.45) is 4.99 Å². The molecule has 0 radical (unpaired) electrons. The first-order valence-electron chi connectivity index (χ1n) is 5.32.